The maximum atomic E-state index is 12.5. The molecule has 10 heteroatoms. The standard InChI is InChI=1S/C42H72NO8P/c1-3-5-7-9-11-13-15-17-18-19-20-21-22-23-25-27-29-31-33-35-42(45)51-40(39-50-52(46,47)49-37-36-43)38-48-41(44)34-32-30-28-26-24-16-14-12-10-8-6-4-2/h5,7,11,13,17-18,20-21,23,25,29,31,40H,3-4,6,8-10,12,14-16,19,22,24,26-28,30,32-39,43H2,1-2H3,(H,46,47)/b7-5+,13-11+,18-17+,21-20+,25-23+,31-29+/t40-/m1/s1. The Morgan fingerprint density at radius 3 is 1.54 bits per heavy atom. The lowest BCUT2D eigenvalue weighted by Gasteiger charge is -2.19. The number of hydrogen-bond acceptors (Lipinski definition) is 8. The molecule has 0 heterocycles. The van der Waals surface area contributed by atoms with Crippen molar-refractivity contribution in [1.82, 2.24) is 0 Å². The first-order valence-corrected chi connectivity index (χ1v) is 21.4. The second-order valence-corrected chi connectivity index (χ2v) is 14.2. The molecular weight excluding hydrogens is 677 g/mol. The van der Waals surface area contributed by atoms with Crippen LogP contribution in [0.15, 0.2) is 72.9 Å². The van der Waals surface area contributed by atoms with Gasteiger partial charge in [-0.1, -0.05) is 157 Å². The van der Waals surface area contributed by atoms with Crippen molar-refractivity contribution in [2.45, 2.75) is 155 Å². The van der Waals surface area contributed by atoms with Crippen LogP contribution in [0.5, 0.6) is 0 Å². The van der Waals surface area contributed by atoms with E-state index < -0.39 is 32.5 Å². The van der Waals surface area contributed by atoms with E-state index in [0.29, 0.717) is 6.42 Å². The molecule has 3 N–H and O–H groups in total. The summed E-state index contributed by atoms with van der Waals surface area (Å²) in [6.07, 6.45) is 45.2. The maximum Gasteiger partial charge on any atom is 0.472 e. The van der Waals surface area contributed by atoms with Gasteiger partial charge in [0, 0.05) is 19.4 Å². The van der Waals surface area contributed by atoms with Gasteiger partial charge in [0.2, 0.25) is 0 Å². The smallest absolute Gasteiger partial charge is 0.462 e. The van der Waals surface area contributed by atoms with Gasteiger partial charge in [-0.15, -0.1) is 0 Å². The summed E-state index contributed by atoms with van der Waals surface area (Å²) in [4.78, 5) is 34.7. The first-order valence-electron chi connectivity index (χ1n) is 19.9. The molecule has 2 atom stereocenters. The fraction of sp³-hybridized carbons (Fsp3) is 0.667. The van der Waals surface area contributed by atoms with Gasteiger partial charge in [-0.05, 0) is 51.4 Å². The van der Waals surface area contributed by atoms with Gasteiger partial charge in [-0.3, -0.25) is 18.6 Å². The average Bonchev–Trinajstić information content (AvgIpc) is 3.13. The number of esters is 2. The summed E-state index contributed by atoms with van der Waals surface area (Å²) in [7, 11) is -4.39. The second-order valence-electron chi connectivity index (χ2n) is 12.8. The highest BCUT2D eigenvalue weighted by molar-refractivity contribution is 7.47. The molecule has 0 bridgehead atoms. The third kappa shape index (κ3) is 37.2. The molecule has 0 amide bonds. The highest BCUT2D eigenvalue weighted by Gasteiger charge is 2.25. The molecule has 0 radical (unpaired) electrons. The van der Waals surface area contributed by atoms with Gasteiger partial charge in [-0.25, -0.2) is 4.57 Å². The van der Waals surface area contributed by atoms with Crippen molar-refractivity contribution in [2.75, 3.05) is 26.4 Å². The van der Waals surface area contributed by atoms with Gasteiger partial charge in [0.25, 0.3) is 0 Å². The first kappa shape index (κ1) is 49.5. The maximum absolute atomic E-state index is 12.5. The summed E-state index contributed by atoms with van der Waals surface area (Å²) < 4.78 is 32.6. The minimum atomic E-state index is -4.39. The predicted molar refractivity (Wildman–Crippen MR) is 215 cm³/mol. The molecule has 1 unspecified atom stereocenters. The van der Waals surface area contributed by atoms with E-state index >= 15 is 0 Å². The fourth-order valence-electron chi connectivity index (χ4n) is 4.95. The lowest BCUT2D eigenvalue weighted by atomic mass is 10.0. The number of ether oxygens (including phenoxy) is 2. The van der Waals surface area contributed by atoms with Crippen LogP contribution >= 0.6 is 7.82 Å². The van der Waals surface area contributed by atoms with Crippen molar-refractivity contribution < 1.29 is 37.6 Å². The van der Waals surface area contributed by atoms with Crippen molar-refractivity contribution in [2.24, 2.45) is 5.73 Å². The van der Waals surface area contributed by atoms with Crippen molar-refractivity contribution in [3.05, 3.63) is 72.9 Å². The van der Waals surface area contributed by atoms with Crippen LogP contribution in [0.25, 0.3) is 0 Å². The van der Waals surface area contributed by atoms with Crippen LogP contribution in [-0.4, -0.2) is 49.3 Å². The first-order chi connectivity index (χ1) is 25.3. The van der Waals surface area contributed by atoms with Crippen LogP contribution in [-0.2, 0) is 32.7 Å². The molecule has 0 aliphatic carbocycles. The Hall–Kier alpha value is -2.55. The summed E-state index contributed by atoms with van der Waals surface area (Å²) in [5.74, 6) is -0.932. The number of carbonyl (C=O) groups excluding carboxylic acids is 2. The number of rotatable bonds is 36. The summed E-state index contributed by atoms with van der Waals surface area (Å²) in [5.41, 5.74) is 5.33. The normalized spacial score (nSPS) is 14.2. The Kier molecular flexibility index (Phi) is 36.3. The van der Waals surface area contributed by atoms with Crippen LogP contribution in [0.1, 0.15) is 149 Å². The summed E-state index contributed by atoms with van der Waals surface area (Å²) >= 11 is 0. The van der Waals surface area contributed by atoms with Crippen molar-refractivity contribution in [3.8, 4) is 0 Å². The highest BCUT2D eigenvalue weighted by atomic mass is 31.2. The van der Waals surface area contributed by atoms with Crippen LogP contribution in [0, 0.1) is 0 Å². The Labute approximate surface area is 316 Å². The van der Waals surface area contributed by atoms with Gasteiger partial charge in [0.1, 0.15) is 6.61 Å². The quantitative estimate of drug-likeness (QED) is 0.0278. The van der Waals surface area contributed by atoms with Gasteiger partial charge < -0.3 is 20.1 Å². The lowest BCUT2D eigenvalue weighted by molar-refractivity contribution is -0.161. The van der Waals surface area contributed by atoms with Crippen LogP contribution < -0.4 is 5.73 Å². The SMILES string of the molecule is CC/C=C/C/C=C/C/C=C/C/C=C/C/C=C/C/C=C/CCC(=O)O[C@H](COC(=O)CCCCCCCCCCCCCC)COP(=O)(O)OCCN. The molecule has 52 heavy (non-hydrogen) atoms. The van der Waals surface area contributed by atoms with Gasteiger partial charge in [0.15, 0.2) is 6.10 Å². The Morgan fingerprint density at radius 2 is 1.06 bits per heavy atom. The molecule has 0 aromatic rings. The largest absolute Gasteiger partial charge is 0.472 e. The van der Waals surface area contributed by atoms with Gasteiger partial charge in [0.05, 0.1) is 13.2 Å². The highest BCUT2D eigenvalue weighted by Crippen LogP contribution is 2.43. The molecule has 0 aromatic heterocycles. The Bertz CT molecular complexity index is 1080. The van der Waals surface area contributed by atoms with E-state index in [1.165, 1.54) is 57.8 Å². The summed E-state index contributed by atoms with van der Waals surface area (Å²) in [6.45, 7) is 3.50. The molecule has 0 saturated carbocycles. The van der Waals surface area contributed by atoms with E-state index in [4.69, 9.17) is 24.3 Å². The zero-order valence-electron chi connectivity index (χ0n) is 32.5. The second kappa shape index (κ2) is 38.2. The molecule has 298 valence electrons. The van der Waals surface area contributed by atoms with Crippen molar-refractivity contribution >= 4 is 19.8 Å². The van der Waals surface area contributed by atoms with E-state index in [-0.39, 0.29) is 32.6 Å². The molecule has 0 rings (SSSR count). The van der Waals surface area contributed by atoms with E-state index in [2.05, 4.69) is 74.6 Å². The molecular formula is C42H72NO8P. The van der Waals surface area contributed by atoms with Crippen LogP contribution in [0.2, 0.25) is 0 Å². The fourth-order valence-corrected chi connectivity index (χ4v) is 5.72. The minimum absolute atomic E-state index is 0.0393. The van der Waals surface area contributed by atoms with E-state index in [1.54, 1.807) is 0 Å². The van der Waals surface area contributed by atoms with Crippen LogP contribution in [0.3, 0.4) is 0 Å². The van der Waals surface area contributed by atoms with Gasteiger partial charge in [-0.2, -0.15) is 0 Å². The number of allylic oxidation sites excluding steroid dienone is 12. The molecule has 0 saturated heterocycles. The van der Waals surface area contributed by atoms with Gasteiger partial charge >= 0.3 is 19.8 Å². The van der Waals surface area contributed by atoms with E-state index in [9.17, 15) is 19.0 Å². The topological polar surface area (TPSA) is 134 Å². The number of carbonyl (C=O) groups is 2. The van der Waals surface area contributed by atoms with Crippen molar-refractivity contribution in [3.63, 3.8) is 0 Å². The molecule has 0 fully saturated rings. The average molecular weight is 750 g/mol. The minimum Gasteiger partial charge on any atom is -0.462 e. The van der Waals surface area contributed by atoms with E-state index in [1.807, 2.05) is 12.2 Å². The summed E-state index contributed by atoms with van der Waals surface area (Å²) in [5, 5.41) is 0. The summed E-state index contributed by atoms with van der Waals surface area (Å²) in [6, 6.07) is 0. The Morgan fingerprint density at radius 1 is 0.596 bits per heavy atom. The lowest BCUT2D eigenvalue weighted by Crippen LogP contribution is -2.29. The zero-order chi connectivity index (χ0) is 38.2. The monoisotopic (exact) mass is 749 g/mol. The molecule has 0 aliphatic rings. The third-order valence-corrected chi connectivity index (χ3v) is 8.85. The number of hydrogen-bond donors (Lipinski definition) is 2. The molecule has 0 spiro atoms. The zero-order valence-corrected chi connectivity index (χ0v) is 33.4. The predicted octanol–water partition coefficient (Wildman–Crippen LogP) is 11.1. The number of phosphoric ester groups is 1. The number of unbranched alkanes of at least 4 members (excludes halogenated alkanes) is 11. The Balaban J connectivity index is 4.35. The molecule has 0 aromatic carbocycles. The van der Waals surface area contributed by atoms with Crippen LogP contribution in [0.4, 0.5) is 0 Å². The number of phosphoric acid groups is 1. The number of nitrogens with two attached hydrogens (primary N) is 1. The molecule has 0 aliphatic heterocycles. The molecule has 9 nitrogen and oxygen atoms in total. The third-order valence-electron chi connectivity index (χ3n) is 7.87. The van der Waals surface area contributed by atoms with E-state index in [0.717, 1.165) is 57.8 Å². The van der Waals surface area contributed by atoms with Crippen molar-refractivity contribution in [1.29, 1.82) is 0 Å².